The molecule has 1 aromatic carbocycles. The van der Waals surface area contributed by atoms with Crippen LogP contribution in [0.4, 0.5) is 0 Å². The maximum absolute atomic E-state index is 6.11. The van der Waals surface area contributed by atoms with E-state index in [4.69, 9.17) is 15.0 Å². The van der Waals surface area contributed by atoms with Crippen molar-refractivity contribution in [2.24, 2.45) is 5.73 Å². The van der Waals surface area contributed by atoms with Crippen molar-refractivity contribution in [3.63, 3.8) is 0 Å². The summed E-state index contributed by atoms with van der Waals surface area (Å²) in [4.78, 5) is 4.57. The Hall–Kier alpha value is -1.72. The van der Waals surface area contributed by atoms with Crippen LogP contribution in [0.15, 0.2) is 28.8 Å². The fourth-order valence-electron chi connectivity index (χ4n) is 3.04. The smallest absolute Gasteiger partial charge is 0.233 e. The third kappa shape index (κ3) is 1.85. The van der Waals surface area contributed by atoms with Gasteiger partial charge in [0.25, 0.3) is 0 Å². The fraction of sp³-hybridized carbons (Fsp3) is 0.467. The molecule has 0 saturated carbocycles. The zero-order valence-electron chi connectivity index (χ0n) is 11.2. The summed E-state index contributed by atoms with van der Waals surface area (Å²) < 4.78 is 10.9. The third-order valence-corrected chi connectivity index (χ3v) is 4.35. The first-order valence-electron chi connectivity index (χ1n) is 7.07. The van der Waals surface area contributed by atoms with Gasteiger partial charge in [0.15, 0.2) is 5.82 Å². The standard InChI is InChI=1S/C15H17N3O2/c16-13-5-6-19-8-12(13)15-17-14(18-20-15)11-7-9-3-1-2-4-10(9)11/h1-4,11-13H,5-8,16H2. The minimum absolute atomic E-state index is 0.0281. The predicted molar refractivity (Wildman–Crippen MR) is 72.4 cm³/mol. The molecule has 0 spiro atoms. The summed E-state index contributed by atoms with van der Waals surface area (Å²) in [5, 5.41) is 4.15. The van der Waals surface area contributed by atoms with Crippen molar-refractivity contribution in [1.29, 1.82) is 0 Å². The van der Waals surface area contributed by atoms with E-state index in [1.54, 1.807) is 0 Å². The molecule has 0 amide bonds. The van der Waals surface area contributed by atoms with Crippen molar-refractivity contribution >= 4 is 0 Å². The summed E-state index contributed by atoms with van der Waals surface area (Å²) >= 11 is 0. The number of rotatable bonds is 2. The van der Waals surface area contributed by atoms with Crippen LogP contribution in [-0.2, 0) is 11.2 Å². The molecular formula is C15H17N3O2. The summed E-state index contributed by atoms with van der Waals surface area (Å²) in [6.07, 6.45) is 1.83. The van der Waals surface area contributed by atoms with Gasteiger partial charge in [0.1, 0.15) is 0 Å². The number of hydrogen-bond acceptors (Lipinski definition) is 5. The fourth-order valence-corrected chi connectivity index (χ4v) is 3.04. The molecule has 104 valence electrons. The van der Waals surface area contributed by atoms with Crippen LogP contribution in [0.2, 0.25) is 0 Å². The molecule has 20 heavy (non-hydrogen) atoms. The van der Waals surface area contributed by atoms with Crippen LogP contribution >= 0.6 is 0 Å². The first-order chi connectivity index (χ1) is 9.83. The van der Waals surface area contributed by atoms with Gasteiger partial charge >= 0.3 is 0 Å². The van der Waals surface area contributed by atoms with Gasteiger partial charge in [0, 0.05) is 12.6 Å². The van der Waals surface area contributed by atoms with Crippen molar-refractivity contribution in [3.05, 3.63) is 47.1 Å². The summed E-state index contributed by atoms with van der Waals surface area (Å²) in [5.74, 6) is 1.69. The van der Waals surface area contributed by atoms with E-state index in [0.717, 1.165) is 18.7 Å². The molecule has 3 atom stereocenters. The average molecular weight is 271 g/mol. The Morgan fingerprint density at radius 1 is 1.25 bits per heavy atom. The maximum atomic E-state index is 6.11. The molecule has 2 N–H and O–H groups in total. The second kappa shape index (κ2) is 4.68. The Morgan fingerprint density at radius 3 is 3.00 bits per heavy atom. The molecule has 1 aliphatic heterocycles. The number of ether oxygens (including phenoxy) is 1. The van der Waals surface area contributed by atoms with Gasteiger partial charge in [-0.05, 0) is 24.0 Å². The van der Waals surface area contributed by atoms with E-state index >= 15 is 0 Å². The van der Waals surface area contributed by atoms with Crippen LogP contribution in [0.25, 0.3) is 0 Å². The van der Waals surface area contributed by atoms with Crippen molar-refractivity contribution in [3.8, 4) is 0 Å². The van der Waals surface area contributed by atoms with Crippen molar-refractivity contribution in [1.82, 2.24) is 10.1 Å². The molecule has 5 nitrogen and oxygen atoms in total. The highest BCUT2D eigenvalue weighted by molar-refractivity contribution is 5.43. The highest BCUT2D eigenvalue weighted by Crippen LogP contribution is 2.39. The lowest BCUT2D eigenvalue weighted by molar-refractivity contribution is 0.0590. The van der Waals surface area contributed by atoms with Crippen LogP contribution in [0.5, 0.6) is 0 Å². The number of nitrogens with two attached hydrogens (primary N) is 1. The van der Waals surface area contributed by atoms with Gasteiger partial charge in [-0.25, -0.2) is 0 Å². The van der Waals surface area contributed by atoms with Crippen molar-refractivity contribution in [2.75, 3.05) is 13.2 Å². The molecule has 4 rings (SSSR count). The van der Waals surface area contributed by atoms with Crippen LogP contribution in [-0.4, -0.2) is 29.4 Å². The average Bonchev–Trinajstić information content (AvgIpc) is 2.90. The zero-order valence-corrected chi connectivity index (χ0v) is 11.2. The van der Waals surface area contributed by atoms with E-state index in [9.17, 15) is 0 Å². The second-order valence-corrected chi connectivity index (χ2v) is 5.58. The van der Waals surface area contributed by atoms with E-state index in [1.165, 1.54) is 11.1 Å². The molecule has 1 fully saturated rings. The van der Waals surface area contributed by atoms with Gasteiger partial charge in [-0.1, -0.05) is 29.4 Å². The predicted octanol–water partition coefficient (Wildman–Crippen LogP) is 1.59. The van der Waals surface area contributed by atoms with E-state index in [-0.39, 0.29) is 17.9 Å². The highest BCUT2D eigenvalue weighted by atomic mass is 16.5. The molecule has 5 heteroatoms. The monoisotopic (exact) mass is 271 g/mol. The summed E-state index contributed by atoms with van der Waals surface area (Å²) in [7, 11) is 0. The number of aromatic nitrogens is 2. The number of benzene rings is 1. The summed E-state index contributed by atoms with van der Waals surface area (Å²) in [6.45, 7) is 1.29. The molecule has 1 saturated heterocycles. The van der Waals surface area contributed by atoms with Gasteiger partial charge in [-0.3, -0.25) is 0 Å². The lowest BCUT2D eigenvalue weighted by atomic mass is 9.77. The highest BCUT2D eigenvalue weighted by Gasteiger charge is 2.34. The van der Waals surface area contributed by atoms with Crippen LogP contribution in [0.1, 0.15) is 41.1 Å². The maximum Gasteiger partial charge on any atom is 0.233 e. The van der Waals surface area contributed by atoms with E-state index in [2.05, 4.69) is 34.4 Å². The lowest BCUT2D eigenvalue weighted by Crippen LogP contribution is -2.37. The Morgan fingerprint density at radius 2 is 2.15 bits per heavy atom. The van der Waals surface area contributed by atoms with Gasteiger partial charge in [0.2, 0.25) is 5.89 Å². The normalized spacial score (nSPS) is 28.8. The minimum Gasteiger partial charge on any atom is -0.381 e. The quantitative estimate of drug-likeness (QED) is 0.897. The lowest BCUT2D eigenvalue weighted by Gasteiger charge is -2.27. The molecule has 0 bridgehead atoms. The molecule has 3 unspecified atom stereocenters. The van der Waals surface area contributed by atoms with Gasteiger partial charge in [-0.2, -0.15) is 4.98 Å². The van der Waals surface area contributed by atoms with Gasteiger partial charge in [0.05, 0.1) is 18.4 Å². The Balaban J connectivity index is 1.57. The van der Waals surface area contributed by atoms with Crippen molar-refractivity contribution in [2.45, 2.75) is 30.7 Å². The van der Waals surface area contributed by atoms with Crippen LogP contribution in [0.3, 0.4) is 0 Å². The number of hydrogen-bond donors (Lipinski definition) is 1. The minimum atomic E-state index is 0.0281. The van der Waals surface area contributed by atoms with Crippen molar-refractivity contribution < 1.29 is 9.26 Å². The van der Waals surface area contributed by atoms with Gasteiger partial charge < -0.3 is 15.0 Å². The molecule has 2 heterocycles. The zero-order chi connectivity index (χ0) is 13.5. The van der Waals surface area contributed by atoms with Gasteiger partial charge in [-0.15, -0.1) is 0 Å². The Kier molecular flexibility index (Phi) is 2.82. The molecule has 2 aliphatic rings. The first-order valence-corrected chi connectivity index (χ1v) is 7.07. The summed E-state index contributed by atoms with van der Waals surface area (Å²) in [5.41, 5.74) is 8.80. The number of fused-ring (bicyclic) bond motifs is 1. The first kappa shape index (κ1) is 12.1. The molecule has 1 aromatic heterocycles. The Labute approximate surface area is 117 Å². The molecule has 1 aliphatic carbocycles. The third-order valence-electron chi connectivity index (χ3n) is 4.35. The van der Waals surface area contributed by atoms with E-state index < -0.39 is 0 Å². The molecule has 2 aromatic rings. The van der Waals surface area contributed by atoms with Crippen LogP contribution in [0, 0.1) is 0 Å². The van der Waals surface area contributed by atoms with E-state index in [1.807, 2.05) is 0 Å². The largest absolute Gasteiger partial charge is 0.381 e. The topological polar surface area (TPSA) is 74.2 Å². The van der Waals surface area contributed by atoms with E-state index in [0.29, 0.717) is 19.1 Å². The molecule has 0 radical (unpaired) electrons. The van der Waals surface area contributed by atoms with Crippen LogP contribution < -0.4 is 5.73 Å². The second-order valence-electron chi connectivity index (χ2n) is 5.58. The Bertz CT molecular complexity index is 625. The SMILES string of the molecule is NC1CCOCC1c1nc(C2Cc3ccccc32)no1. The number of nitrogens with zero attached hydrogens (tertiary/aromatic N) is 2. The summed E-state index contributed by atoms with van der Waals surface area (Å²) in [6, 6.07) is 8.45. The molecular weight excluding hydrogens is 254 g/mol.